The third kappa shape index (κ3) is 4.29. The highest BCUT2D eigenvalue weighted by Gasteiger charge is 2.03. The summed E-state index contributed by atoms with van der Waals surface area (Å²) < 4.78 is 10.5. The summed E-state index contributed by atoms with van der Waals surface area (Å²) in [5.74, 6) is 1.39. The van der Waals surface area contributed by atoms with Crippen molar-refractivity contribution in [3.8, 4) is 11.5 Å². The number of hydrazone groups is 1. The summed E-state index contributed by atoms with van der Waals surface area (Å²) in [5, 5.41) is 5.19. The van der Waals surface area contributed by atoms with Gasteiger partial charge in [0.15, 0.2) is 11.5 Å². The van der Waals surface area contributed by atoms with Crippen LogP contribution in [0.15, 0.2) is 41.5 Å². The molecule has 0 radical (unpaired) electrons. The number of ether oxygens (including phenoxy) is 2. The maximum absolute atomic E-state index is 5.94. The van der Waals surface area contributed by atoms with E-state index in [-0.39, 0.29) is 0 Å². The van der Waals surface area contributed by atoms with Crippen molar-refractivity contribution in [2.24, 2.45) is 5.10 Å². The van der Waals surface area contributed by atoms with Crippen LogP contribution < -0.4 is 14.9 Å². The van der Waals surface area contributed by atoms with Gasteiger partial charge in [0.05, 0.1) is 37.0 Å². The third-order valence-electron chi connectivity index (χ3n) is 2.98. The number of halogens is 2. The minimum Gasteiger partial charge on any atom is -0.493 e. The molecular weight excluding hydrogens is 323 g/mol. The lowest BCUT2D eigenvalue weighted by Crippen LogP contribution is -2.06. The van der Waals surface area contributed by atoms with Crippen molar-refractivity contribution < 1.29 is 9.47 Å². The first kappa shape index (κ1) is 16.5. The van der Waals surface area contributed by atoms with Gasteiger partial charge in [-0.2, -0.15) is 5.10 Å². The van der Waals surface area contributed by atoms with Gasteiger partial charge in [-0.15, -0.1) is 0 Å². The molecule has 0 saturated carbocycles. The van der Waals surface area contributed by atoms with Gasteiger partial charge in [-0.05, 0) is 35.4 Å². The second-order valence-corrected chi connectivity index (χ2v) is 5.27. The average Bonchev–Trinajstić information content (AvgIpc) is 2.54. The van der Waals surface area contributed by atoms with E-state index >= 15 is 0 Å². The highest BCUT2D eigenvalue weighted by Crippen LogP contribution is 2.27. The Morgan fingerprint density at radius 3 is 2.45 bits per heavy atom. The van der Waals surface area contributed by atoms with Gasteiger partial charge in [-0.25, -0.2) is 0 Å². The Morgan fingerprint density at radius 2 is 1.77 bits per heavy atom. The number of rotatable bonds is 6. The zero-order valence-electron chi connectivity index (χ0n) is 12.3. The van der Waals surface area contributed by atoms with Crippen molar-refractivity contribution in [1.29, 1.82) is 0 Å². The van der Waals surface area contributed by atoms with Crippen molar-refractivity contribution in [2.75, 3.05) is 14.2 Å². The molecule has 0 spiro atoms. The van der Waals surface area contributed by atoms with Crippen molar-refractivity contribution in [1.82, 2.24) is 5.43 Å². The van der Waals surface area contributed by atoms with Gasteiger partial charge >= 0.3 is 0 Å². The van der Waals surface area contributed by atoms with Crippen molar-refractivity contribution in [2.45, 2.75) is 6.54 Å². The summed E-state index contributed by atoms with van der Waals surface area (Å²) in [5.41, 5.74) is 4.87. The largest absolute Gasteiger partial charge is 0.493 e. The van der Waals surface area contributed by atoms with Gasteiger partial charge in [0.1, 0.15) is 0 Å². The minimum atomic E-state index is 0.505. The maximum Gasteiger partial charge on any atom is 0.161 e. The molecule has 116 valence electrons. The Hall–Kier alpha value is -1.91. The van der Waals surface area contributed by atoms with Gasteiger partial charge in [-0.3, -0.25) is 0 Å². The molecule has 2 aromatic carbocycles. The molecule has 0 unspecified atom stereocenters. The molecule has 0 aliphatic rings. The lowest BCUT2D eigenvalue weighted by molar-refractivity contribution is 0.354. The fourth-order valence-corrected chi connectivity index (χ4v) is 2.15. The minimum absolute atomic E-state index is 0.505. The fraction of sp³-hybridized carbons (Fsp3) is 0.188. The first-order chi connectivity index (χ1) is 10.6. The second kappa shape index (κ2) is 7.92. The summed E-state index contributed by atoms with van der Waals surface area (Å²) in [7, 11) is 3.22. The van der Waals surface area contributed by atoms with Crippen molar-refractivity contribution in [3.05, 3.63) is 57.6 Å². The summed E-state index contributed by atoms with van der Waals surface area (Å²) in [6, 6.07) is 11.0. The summed E-state index contributed by atoms with van der Waals surface area (Å²) in [6.07, 6.45) is 1.68. The molecule has 0 heterocycles. The number of benzene rings is 2. The molecule has 0 amide bonds. The van der Waals surface area contributed by atoms with Gasteiger partial charge in [0.2, 0.25) is 0 Å². The van der Waals surface area contributed by atoms with Crippen molar-refractivity contribution >= 4 is 29.4 Å². The predicted molar refractivity (Wildman–Crippen MR) is 90.4 cm³/mol. The maximum atomic E-state index is 5.94. The van der Waals surface area contributed by atoms with Crippen LogP contribution in [0.5, 0.6) is 11.5 Å². The van der Waals surface area contributed by atoms with Crippen LogP contribution in [0.1, 0.15) is 11.1 Å². The van der Waals surface area contributed by atoms with Gasteiger partial charge in [0.25, 0.3) is 0 Å². The molecule has 2 rings (SSSR count). The van der Waals surface area contributed by atoms with Crippen LogP contribution in [-0.4, -0.2) is 20.4 Å². The molecule has 2 aromatic rings. The second-order valence-electron chi connectivity index (χ2n) is 4.46. The van der Waals surface area contributed by atoms with Crippen LogP contribution in [0.4, 0.5) is 0 Å². The van der Waals surface area contributed by atoms with Crippen LogP contribution >= 0.6 is 23.2 Å². The predicted octanol–water partition coefficient (Wildman–Crippen LogP) is 4.13. The average molecular weight is 339 g/mol. The fourth-order valence-electron chi connectivity index (χ4n) is 1.84. The number of nitrogens with one attached hydrogen (secondary N) is 1. The molecule has 1 N–H and O–H groups in total. The quantitative estimate of drug-likeness (QED) is 0.636. The number of hydrogen-bond donors (Lipinski definition) is 1. The molecule has 0 aliphatic carbocycles. The molecule has 0 saturated heterocycles. The normalized spacial score (nSPS) is 10.7. The van der Waals surface area contributed by atoms with E-state index < -0.39 is 0 Å². The third-order valence-corrected chi connectivity index (χ3v) is 3.72. The van der Waals surface area contributed by atoms with E-state index in [1.54, 1.807) is 32.6 Å². The van der Waals surface area contributed by atoms with E-state index in [4.69, 9.17) is 32.7 Å². The Balaban J connectivity index is 1.95. The van der Waals surface area contributed by atoms with Crippen molar-refractivity contribution in [3.63, 3.8) is 0 Å². The number of methoxy groups -OCH3 is 2. The highest BCUT2D eigenvalue weighted by atomic mass is 35.5. The van der Waals surface area contributed by atoms with E-state index in [0.717, 1.165) is 11.1 Å². The van der Waals surface area contributed by atoms with Crippen LogP contribution in [0.2, 0.25) is 10.0 Å². The standard InChI is InChI=1S/C16H16Cl2N2O2/c1-21-15-6-4-12(8-16(15)22-2)10-20-19-9-11-3-5-13(17)14(18)7-11/h3-9,20H,10H2,1-2H3/b19-9+. The zero-order chi connectivity index (χ0) is 15.9. The molecular formula is C16H16Cl2N2O2. The smallest absolute Gasteiger partial charge is 0.161 e. The van der Waals surface area contributed by atoms with Crippen LogP contribution in [0.25, 0.3) is 0 Å². The Bertz CT molecular complexity index is 675. The molecule has 6 heteroatoms. The Kier molecular flexibility index (Phi) is 5.92. The molecule has 0 aromatic heterocycles. The molecule has 0 fully saturated rings. The first-order valence-electron chi connectivity index (χ1n) is 6.56. The highest BCUT2D eigenvalue weighted by molar-refractivity contribution is 6.42. The molecule has 0 aliphatic heterocycles. The van der Waals surface area contributed by atoms with Crippen LogP contribution in [-0.2, 0) is 6.54 Å². The monoisotopic (exact) mass is 338 g/mol. The Morgan fingerprint density at radius 1 is 1.00 bits per heavy atom. The first-order valence-corrected chi connectivity index (χ1v) is 7.31. The number of hydrogen-bond acceptors (Lipinski definition) is 4. The molecule has 0 bridgehead atoms. The SMILES string of the molecule is COc1ccc(CN/N=C/c2ccc(Cl)c(Cl)c2)cc1OC. The Labute approximate surface area is 139 Å². The van der Waals surface area contributed by atoms with E-state index in [1.165, 1.54) is 0 Å². The topological polar surface area (TPSA) is 42.8 Å². The van der Waals surface area contributed by atoms with E-state index in [2.05, 4.69) is 10.5 Å². The molecule has 4 nitrogen and oxygen atoms in total. The van der Waals surface area contributed by atoms with Gasteiger partial charge in [0, 0.05) is 0 Å². The van der Waals surface area contributed by atoms with Crippen LogP contribution in [0.3, 0.4) is 0 Å². The zero-order valence-corrected chi connectivity index (χ0v) is 13.8. The summed E-state index contributed by atoms with van der Waals surface area (Å²) >= 11 is 11.8. The number of nitrogens with zero attached hydrogens (tertiary/aromatic N) is 1. The van der Waals surface area contributed by atoms with E-state index in [1.807, 2.05) is 24.3 Å². The molecule has 22 heavy (non-hydrogen) atoms. The lowest BCUT2D eigenvalue weighted by Gasteiger charge is -2.09. The van der Waals surface area contributed by atoms with E-state index in [9.17, 15) is 0 Å². The summed E-state index contributed by atoms with van der Waals surface area (Å²) in [4.78, 5) is 0. The van der Waals surface area contributed by atoms with Gasteiger partial charge in [-0.1, -0.05) is 35.3 Å². The lowest BCUT2D eigenvalue weighted by atomic mass is 10.2. The summed E-state index contributed by atoms with van der Waals surface area (Å²) in [6.45, 7) is 0.568. The van der Waals surface area contributed by atoms with Gasteiger partial charge < -0.3 is 14.9 Å². The molecule has 0 atom stereocenters. The van der Waals surface area contributed by atoms with Crippen LogP contribution in [0, 0.1) is 0 Å². The van der Waals surface area contributed by atoms with E-state index in [0.29, 0.717) is 28.1 Å².